The zero-order valence-corrected chi connectivity index (χ0v) is 14.4. The van der Waals surface area contributed by atoms with Crippen LogP contribution in [0.2, 0.25) is 0 Å². The highest BCUT2D eigenvalue weighted by Crippen LogP contribution is 2.29. The Morgan fingerprint density at radius 3 is 2.75 bits per heavy atom. The maximum atomic E-state index is 12.5. The van der Waals surface area contributed by atoms with Crippen LogP contribution in [-0.2, 0) is 14.3 Å². The molecule has 0 saturated carbocycles. The Balaban J connectivity index is 1.98. The van der Waals surface area contributed by atoms with Gasteiger partial charge in [-0.3, -0.25) is 4.79 Å². The van der Waals surface area contributed by atoms with Crippen LogP contribution in [0.1, 0.15) is 33.1 Å². The smallest absolute Gasteiger partial charge is 0.290 e. The van der Waals surface area contributed by atoms with Gasteiger partial charge in [-0.1, -0.05) is 32.0 Å². The third kappa shape index (κ3) is 5.65. The second kappa shape index (κ2) is 9.45. The lowest BCUT2D eigenvalue weighted by Crippen LogP contribution is -2.31. The highest BCUT2D eigenvalue weighted by Gasteiger charge is 2.29. The predicted octanol–water partition coefficient (Wildman–Crippen LogP) is 3.32. The number of rotatable bonds is 8. The summed E-state index contributed by atoms with van der Waals surface area (Å²) in [6, 6.07) is 9.32. The molecule has 5 heteroatoms. The molecule has 1 aliphatic heterocycles. The molecule has 1 aromatic rings. The fraction of sp³-hybridized carbons (Fsp3) is 0.526. The van der Waals surface area contributed by atoms with Crippen LogP contribution >= 0.6 is 0 Å². The average molecular weight is 333 g/mol. The van der Waals surface area contributed by atoms with Crippen molar-refractivity contribution in [1.82, 2.24) is 0 Å². The molecule has 1 amide bonds. The molecule has 0 aromatic heterocycles. The van der Waals surface area contributed by atoms with Crippen LogP contribution in [-0.4, -0.2) is 30.5 Å². The number of allylic oxidation sites excluding steroid dienone is 1. The minimum Gasteiger partial charge on any atom is -0.459 e. The summed E-state index contributed by atoms with van der Waals surface area (Å²) >= 11 is 0. The first-order valence-electron chi connectivity index (χ1n) is 8.57. The van der Waals surface area contributed by atoms with Crippen LogP contribution < -0.4 is 5.32 Å². The molecular weight excluding hydrogens is 306 g/mol. The van der Waals surface area contributed by atoms with Gasteiger partial charge < -0.3 is 19.9 Å². The lowest BCUT2D eigenvalue weighted by Gasteiger charge is -2.30. The van der Waals surface area contributed by atoms with Gasteiger partial charge in [0.1, 0.15) is 0 Å². The molecule has 0 radical (unpaired) electrons. The van der Waals surface area contributed by atoms with Gasteiger partial charge in [-0.15, -0.1) is 0 Å². The number of hydrogen-bond donors (Lipinski definition) is 2. The summed E-state index contributed by atoms with van der Waals surface area (Å²) in [4.78, 5) is 12.5. The van der Waals surface area contributed by atoms with Crippen molar-refractivity contribution in [2.45, 2.75) is 39.4 Å². The van der Waals surface area contributed by atoms with E-state index in [0.717, 1.165) is 18.5 Å². The Kier molecular flexibility index (Phi) is 7.28. The van der Waals surface area contributed by atoms with Crippen molar-refractivity contribution in [3.63, 3.8) is 0 Å². The Morgan fingerprint density at radius 2 is 2.08 bits per heavy atom. The van der Waals surface area contributed by atoms with E-state index in [-0.39, 0.29) is 18.4 Å². The number of amides is 1. The Labute approximate surface area is 143 Å². The van der Waals surface area contributed by atoms with Gasteiger partial charge in [0.05, 0.1) is 6.61 Å². The molecule has 0 spiro atoms. The van der Waals surface area contributed by atoms with E-state index >= 15 is 0 Å². The van der Waals surface area contributed by atoms with Crippen molar-refractivity contribution < 1.29 is 19.4 Å². The van der Waals surface area contributed by atoms with E-state index in [9.17, 15) is 4.79 Å². The van der Waals surface area contributed by atoms with Crippen molar-refractivity contribution in [3.8, 4) is 0 Å². The molecular formula is C19H27NO4. The largest absolute Gasteiger partial charge is 0.459 e. The highest BCUT2D eigenvalue weighted by molar-refractivity contribution is 6.02. The number of benzene rings is 1. The molecule has 1 aliphatic rings. The standard InChI is InChI=1S/C19H27NO4/c1-14(2)15-12-17(19(22)20-16-8-4-3-5-9-16)24-18(13-15)23-11-7-6-10-21/h3-5,8-9,12,14-15,18,21H,6-7,10-11,13H2,1-2H3,(H,20,22). The molecule has 0 bridgehead atoms. The number of para-hydroxylation sites is 1. The van der Waals surface area contributed by atoms with Crippen LogP contribution in [0.25, 0.3) is 0 Å². The molecule has 5 nitrogen and oxygen atoms in total. The van der Waals surface area contributed by atoms with E-state index in [4.69, 9.17) is 14.6 Å². The van der Waals surface area contributed by atoms with Crippen LogP contribution in [0.4, 0.5) is 5.69 Å². The van der Waals surface area contributed by atoms with Gasteiger partial charge in [0.15, 0.2) is 5.76 Å². The van der Waals surface area contributed by atoms with Gasteiger partial charge in [0.2, 0.25) is 6.29 Å². The molecule has 0 saturated heterocycles. The highest BCUT2D eigenvalue weighted by atomic mass is 16.7. The average Bonchev–Trinajstić information content (AvgIpc) is 2.59. The predicted molar refractivity (Wildman–Crippen MR) is 93.2 cm³/mol. The lowest BCUT2D eigenvalue weighted by molar-refractivity contribution is -0.148. The molecule has 0 fully saturated rings. The van der Waals surface area contributed by atoms with E-state index in [2.05, 4.69) is 19.2 Å². The van der Waals surface area contributed by atoms with Gasteiger partial charge >= 0.3 is 0 Å². The summed E-state index contributed by atoms with van der Waals surface area (Å²) in [6.07, 6.45) is 3.70. The maximum absolute atomic E-state index is 12.5. The minimum atomic E-state index is -0.419. The first-order valence-corrected chi connectivity index (χ1v) is 8.57. The van der Waals surface area contributed by atoms with Crippen LogP contribution in [0.3, 0.4) is 0 Å². The number of unbranched alkanes of at least 4 members (excludes halogenated alkanes) is 1. The molecule has 24 heavy (non-hydrogen) atoms. The van der Waals surface area contributed by atoms with E-state index in [1.54, 1.807) is 0 Å². The Morgan fingerprint density at radius 1 is 1.33 bits per heavy atom. The van der Waals surface area contributed by atoms with Gasteiger partial charge in [-0.2, -0.15) is 0 Å². The number of hydrogen-bond acceptors (Lipinski definition) is 4. The third-order valence-corrected chi connectivity index (χ3v) is 4.06. The normalized spacial score (nSPS) is 20.4. The number of anilines is 1. The van der Waals surface area contributed by atoms with Gasteiger partial charge in [-0.25, -0.2) is 0 Å². The van der Waals surface area contributed by atoms with E-state index in [1.807, 2.05) is 36.4 Å². The fourth-order valence-corrected chi connectivity index (χ4v) is 2.55. The fourth-order valence-electron chi connectivity index (χ4n) is 2.55. The van der Waals surface area contributed by atoms with Gasteiger partial charge in [-0.05, 0) is 42.9 Å². The number of nitrogens with one attached hydrogen (secondary N) is 1. The van der Waals surface area contributed by atoms with Crippen LogP contribution in [0, 0.1) is 11.8 Å². The van der Waals surface area contributed by atoms with Crippen molar-refractivity contribution in [2.24, 2.45) is 11.8 Å². The lowest BCUT2D eigenvalue weighted by atomic mass is 9.90. The molecule has 1 aromatic carbocycles. The minimum absolute atomic E-state index is 0.161. The SMILES string of the molecule is CC(C)C1C=C(C(=O)Nc2ccccc2)OC(OCCCCO)C1. The first-order chi connectivity index (χ1) is 11.6. The number of ether oxygens (including phenoxy) is 2. The first kappa shape index (κ1) is 18.5. The van der Waals surface area contributed by atoms with Gasteiger partial charge in [0.25, 0.3) is 5.91 Å². The zero-order chi connectivity index (χ0) is 17.4. The molecule has 2 atom stereocenters. The monoisotopic (exact) mass is 333 g/mol. The molecule has 1 heterocycles. The van der Waals surface area contributed by atoms with E-state index < -0.39 is 6.29 Å². The topological polar surface area (TPSA) is 67.8 Å². The Bertz CT molecular complexity index is 542. The summed E-state index contributed by atoms with van der Waals surface area (Å²) in [7, 11) is 0. The van der Waals surface area contributed by atoms with Crippen molar-refractivity contribution in [1.29, 1.82) is 0 Å². The van der Waals surface area contributed by atoms with Crippen molar-refractivity contribution >= 4 is 11.6 Å². The second-order valence-electron chi connectivity index (χ2n) is 6.34. The second-order valence-corrected chi connectivity index (χ2v) is 6.34. The van der Waals surface area contributed by atoms with E-state index in [1.165, 1.54) is 0 Å². The van der Waals surface area contributed by atoms with Gasteiger partial charge in [0, 0.05) is 18.7 Å². The number of aliphatic hydroxyl groups excluding tert-OH is 1. The Hall–Kier alpha value is -1.85. The zero-order valence-electron chi connectivity index (χ0n) is 14.4. The molecule has 2 rings (SSSR count). The number of carbonyl (C=O) groups excluding carboxylic acids is 1. The van der Waals surface area contributed by atoms with Crippen molar-refractivity contribution in [3.05, 3.63) is 42.2 Å². The summed E-state index contributed by atoms with van der Waals surface area (Å²) in [6.45, 7) is 4.93. The molecule has 132 valence electrons. The molecule has 2 N–H and O–H groups in total. The summed E-state index contributed by atoms with van der Waals surface area (Å²) in [5.41, 5.74) is 0.735. The third-order valence-electron chi connectivity index (χ3n) is 4.06. The molecule has 0 aliphatic carbocycles. The van der Waals surface area contributed by atoms with E-state index in [0.29, 0.717) is 24.7 Å². The quantitative estimate of drug-likeness (QED) is 0.716. The number of carbonyl (C=O) groups is 1. The van der Waals surface area contributed by atoms with Crippen LogP contribution in [0.15, 0.2) is 42.2 Å². The maximum Gasteiger partial charge on any atom is 0.290 e. The summed E-state index contributed by atoms with van der Waals surface area (Å²) < 4.78 is 11.5. The summed E-state index contributed by atoms with van der Waals surface area (Å²) in [5, 5.41) is 11.7. The molecule has 2 unspecified atom stereocenters. The number of aliphatic hydroxyl groups is 1. The summed E-state index contributed by atoms with van der Waals surface area (Å²) in [5.74, 6) is 0.696. The van der Waals surface area contributed by atoms with Crippen molar-refractivity contribution in [2.75, 3.05) is 18.5 Å². The van der Waals surface area contributed by atoms with Crippen LogP contribution in [0.5, 0.6) is 0 Å².